The van der Waals surface area contributed by atoms with Crippen LogP contribution in [0.5, 0.6) is 0 Å². The van der Waals surface area contributed by atoms with Crippen molar-refractivity contribution in [3.05, 3.63) is 90.1 Å². The topological polar surface area (TPSA) is 46.3 Å². The number of carbonyl (C=O) groups excluding carboxylic acids is 1. The number of nitrogens with zero attached hydrogens (tertiary/aromatic N) is 2. The Morgan fingerprint density at radius 2 is 1.83 bits per heavy atom. The molecule has 0 spiro atoms. The highest BCUT2D eigenvalue weighted by Crippen LogP contribution is 2.34. The number of aromatic nitrogens is 1. The summed E-state index contributed by atoms with van der Waals surface area (Å²) in [6.07, 6.45) is 1.98. The average molecular weight is 400 g/mol. The van der Waals surface area contributed by atoms with Crippen molar-refractivity contribution >= 4 is 17.0 Å². The molecule has 3 aromatic carbocycles. The summed E-state index contributed by atoms with van der Waals surface area (Å²) in [7, 11) is 0. The second-order valence-corrected chi connectivity index (χ2v) is 7.65. The zero-order valence-corrected chi connectivity index (χ0v) is 16.4. The molecule has 1 amide bonds. The molecule has 0 aliphatic carbocycles. The summed E-state index contributed by atoms with van der Waals surface area (Å²) in [5.41, 5.74) is 4.53. The van der Waals surface area contributed by atoms with Gasteiger partial charge in [-0.25, -0.2) is 9.37 Å². The fourth-order valence-electron chi connectivity index (χ4n) is 4.10. The van der Waals surface area contributed by atoms with Crippen LogP contribution >= 0.6 is 0 Å². The molecule has 4 aromatic rings. The molecule has 150 valence electrons. The zero-order valence-electron chi connectivity index (χ0n) is 16.4. The second kappa shape index (κ2) is 7.75. The SMILES string of the molecule is O=C(Cc1ccc(F)cc1)N1CCC[C@H]1c1nc2cc(-c3ccccc3)ccc2o1. The molecule has 1 aliphatic heterocycles. The first-order valence-corrected chi connectivity index (χ1v) is 10.2. The van der Waals surface area contributed by atoms with E-state index in [-0.39, 0.29) is 24.2 Å². The predicted molar refractivity (Wildman–Crippen MR) is 113 cm³/mol. The van der Waals surface area contributed by atoms with Crippen molar-refractivity contribution in [2.75, 3.05) is 6.54 Å². The van der Waals surface area contributed by atoms with Crippen molar-refractivity contribution in [1.29, 1.82) is 0 Å². The summed E-state index contributed by atoms with van der Waals surface area (Å²) in [5, 5.41) is 0. The van der Waals surface area contributed by atoms with Crippen molar-refractivity contribution in [2.45, 2.75) is 25.3 Å². The lowest BCUT2D eigenvalue weighted by Crippen LogP contribution is -2.32. The molecule has 0 unspecified atom stereocenters. The van der Waals surface area contributed by atoms with E-state index < -0.39 is 0 Å². The smallest absolute Gasteiger partial charge is 0.227 e. The molecule has 1 fully saturated rings. The number of benzene rings is 3. The molecule has 1 aliphatic rings. The maximum Gasteiger partial charge on any atom is 0.227 e. The van der Waals surface area contributed by atoms with Gasteiger partial charge in [0.05, 0.1) is 6.42 Å². The summed E-state index contributed by atoms with van der Waals surface area (Å²) in [6, 6.07) is 22.1. The number of oxazole rings is 1. The third kappa shape index (κ3) is 3.59. The van der Waals surface area contributed by atoms with E-state index in [9.17, 15) is 9.18 Å². The van der Waals surface area contributed by atoms with E-state index in [4.69, 9.17) is 9.40 Å². The molecule has 0 N–H and O–H groups in total. The minimum atomic E-state index is -0.299. The molecule has 1 saturated heterocycles. The van der Waals surface area contributed by atoms with Gasteiger partial charge in [-0.05, 0) is 53.8 Å². The molecule has 0 saturated carbocycles. The average Bonchev–Trinajstić information content (AvgIpc) is 3.42. The minimum Gasteiger partial charge on any atom is -0.438 e. The van der Waals surface area contributed by atoms with Crippen molar-refractivity contribution < 1.29 is 13.6 Å². The minimum absolute atomic E-state index is 0.0105. The summed E-state index contributed by atoms with van der Waals surface area (Å²) in [5.74, 6) is 0.295. The Labute approximate surface area is 174 Å². The Balaban J connectivity index is 1.39. The molecule has 1 aromatic heterocycles. The van der Waals surface area contributed by atoms with Crippen LogP contribution in [0, 0.1) is 5.82 Å². The fraction of sp³-hybridized carbons (Fsp3) is 0.200. The lowest BCUT2D eigenvalue weighted by Gasteiger charge is -2.22. The van der Waals surface area contributed by atoms with Gasteiger partial charge < -0.3 is 9.32 Å². The first-order chi connectivity index (χ1) is 14.7. The second-order valence-electron chi connectivity index (χ2n) is 7.65. The molecule has 4 nitrogen and oxygen atoms in total. The van der Waals surface area contributed by atoms with Crippen LogP contribution in [0.15, 0.2) is 77.2 Å². The molecule has 2 heterocycles. The summed E-state index contributed by atoms with van der Waals surface area (Å²) < 4.78 is 19.2. The standard InChI is InChI=1S/C25H21FN2O2/c26-20-11-8-17(9-12-20)15-24(29)28-14-4-7-22(28)25-27-21-16-19(10-13-23(21)30-25)18-5-2-1-3-6-18/h1-3,5-6,8-13,16,22H,4,7,14-15H2/t22-/m0/s1. The Morgan fingerprint density at radius 1 is 1.03 bits per heavy atom. The van der Waals surface area contributed by atoms with E-state index in [1.54, 1.807) is 12.1 Å². The van der Waals surface area contributed by atoms with Crippen molar-refractivity contribution in [1.82, 2.24) is 9.88 Å². The third-order valence-corrected chi connectivity index (χ3v) is 5.64. The van der Waals surface area contributed by atoms with Crippen molar-refractivity contribution in [2.24, 2.45) is 0 Å². The lowest BCUT2D eigenvalue weighted by molar-refractivity contribution is -0.131. The maximum atomic E-state index is 13.1. The number of likely N-dealkylation sites (tertiary alicyclic amines) is 1. The number of rotatable bonds is 4. The van der Waals surface area contributed by atoms with Crippen molar-refractivity contribution in [3.8, 4) is 11.1 Å². The molecule has 0 radical (unpaired) electrons. The van der Waals surface area contributed by atoms with Gasteiger partial charge in [-0.1, -0.05) is 48.5 Å². The highest BCUT2D eigenvalue weighted by Gasteiger charge is 2.33. The lowest BCUT2D eigenvalue weighted by atomic mass is 10.1. The number of fused-ring (bicyclic) bond motifs is 1. The summed E-state index contributed by atoms with van der Waals surface area (Å²) >= 11 is 0. The van der Waals surface area contributed by atoms with Crippen LogP contribution in [0.4, 0.5) is 4.39 Å². The van der Waals surface area contributed by atoms with Gasteiger partial charge in [0.2, 0.25) is 11.8 Å². The third-order valence-electron chi connectivity index (χ3n) is 5.64. The maximum absolute atomic E-state index is 13.1. The number of hydrogen-bond donors (Lipinski definition) is 0. The van der Waals surface area contributed by atoms with Crippen LogP contribution in [0.1, 0.15) is 30.3 Å². The monoisotopic (exact) mass is 400 g/mol. The first-order valence-electron chi connectivity index (χ1n) is 10.2. The van der Waals surface area contributed by atoms with Crippen LogP contribution in [0.2, 0.25) is 0 Å². The van der Waals surface area contributed by atoms with E-state index >= 15 is 0 Å². The number of carbonyl (C=O) groups is 1. The first kappa shape index (κ1) is 18.6. The van der Waals surface area contributed by atoms with Crippen molar-refractivity contribution in [3.63, 3.8) is 0 Å². The van der Waals surface area contributed by atoms with Crippen LogP contribution in [0.3, 0.4) is 0 Å². The van der Waals surface area contributed by atoms with Crippen LogP contribution in [0.25, 0.3) is 22.2 Å². The molecule has 5 rings (SSSR count). The normalized spacial score (nSPS) is 16.3. The van der Waals surface area contributed by atoms with Gasteiger partial charge in [-0.3, -0.25) is 4.79 Å². The van der Waals surface area contributed by atoms with Gasteiger partial charge >= 0.3 is 0 Å². The van der Waals surface area contributed by atoms with E-state index in [0.29, 0.717) is 12.4 Å². The highest BCUT2D eigenvalue weighted by atomic mass is 19.1. The van der Waals surface area contributed by atoms with Gasteiger partial charge in [0.1, 0.15) is 17.4 Å². The van der Waals surface area contributed by atoms with Gasteiger partial charge in [-0.15, -0.1) is 0 Å². The van der Waals surface area contributed by atoms with E-state index in [0.717, 1.165) is 40.6 Å². The Morgan fingerprint density at radius 3 is 2.63 bits per heavy atom. The Kier molecular flexibility index (Phi) is 4.79. The Bertz CT molecular complexity index is 1180. The van der Waals surface area contributed by atoms with Gasteiger partial charge in [-0.2, -0.15) is 0 Å². The summed E-state index contributed by atoms with van der Waals surface area (Å²) in [6.45, 7) is 0.679. The van der Waals surface area contributed by atoms with Crippen LogP contribution in [-0.2, 0) is 11.2 Å². The quantitative estimate of drug-likeness (QED) is 0.452. The number of amides is 1. The molecule has 30 heavy (non-hydrogen) atoms. The molecule has 0 bridgehead atoms. The van der Waals surface area contributed by atoms with E-state index in [2.05, 4.69) is 12.1 Å². The number of hydrogen-bond acceptors (Lipinski definition) is 3. The van der Waals surface area contributed by atoms with E-state index in [1.165, 1.54) is 12.1 Å². The van der Waals surface area contributed by atoms with E-state index in [1.807, 2.05) is 41.3 Å². The highest BCUT2D eigenvalue weighted by molar-refractivity contribution is 5.81. The molecule has 1 atom stereocenters. The molecule has 5 heteroatoms. The molecular weight excluding hydrogens is 379 g/mol. The van der Waals surface area contributed by atoms with Gasteiger partial charge in [0.15, 0.2) is 5.58 Å². The van der Waals surface area contributed by atoms with Crippen LogP contribution < -0.4 is 0 Å². The fourth-order valence-corrected chi connectivity index (χ4v) is 4.10. The summed E-state index contributed by atoms with van der Waals surface area (Å²) in [4.78, 5) is 19.5. The largest absolute Gasteiger partial charge is 0.438 e. The zero-order chi connectivity index (χ0) is 20.5. The number of halogens is 1. The predicted octanol–water partition coefficient (Wildman–Crippen LogP) is 5.54. The van der Waals surface area contributed by atoms with Crippen LogP contribution in [-0.4, -0.2) is 22.3 Å². The Hall–Kier alpha value is -3.47. The van der Waals surface area contributed by atoms with Gasteiger partial charge in [0, 0.05) is 6.54 Å². The van der Waals surface area contributed by atoms with Gasteiger partial charge in [0.25, 0.3) is 0 Å². The molecular formula is C25H21FN2O2.